The predicted molar refractivity (Wildman–Crippen MR) is 79.9 cm³/mol. The van der Waals surface area contributed by atoms with Gasteiger partial charge in [-0.3, -0.25) is 0 Å². The third kappa shape index (κ3) is 3.05. The van der Waals surface area contributed by atoms with E-state index in [1.54, 1.807) is 0 Å². The number of aromatic nitrogens is 2. The van der Waals surface area contributed by atoms with E-state index < -0.39 is 0 Å². The molecule has 4 heterocycles. The number of likely N-dealkylation sites (tertiary alicyclic amines) is 1. The minimum atomic E-state index is 0.333. The molecule has 3 fully saturated rings. The molecular formula is C16H25N3O3. The third-order valence-electron chi connectivity index (χ3n) is 5.34. The molecule has 1 atom stereocenters. The Morgan fingerprint density at radius 3 is 2.36 bits per heavy atom. The molecule has 1 aromatic rings. The van der Waals surface area contributed by atoms with Crippen molar-refractivity contribution in [3.8, 4) is 0 Å². The summed E-state index contributed by atoms with van der Waals surface area (Å²) in [5.74, 6) is 2.45. The average Bonchev–Trinajstić information content (AvgIpc) is 3.27. The topological polar surface area (TPSA) is 60.6 Å². The van der Waals surface area contributed by atoms with Crippen LogP contribution in [0.2, 0.25) is 0 Å². The lowest BCUT2D eigenvalue weighted by Crippen LogP contribution is -2.43. The second-order valence-electron chi connectivity index (χ2n) is 6.71. The van der Waals surface area contributed by atoms with E-state index in [1.807, 2.05) is 0 Å². The van der Waals surface area contributed by atoms with Gasteiger partial charge >= 0.3 is 0 Å². The van der Waals surface area contributed by atoms with Gasteiger partial charge in [0, 0.05) is 37.7 Å². The van der Waals surface area contributed by atoms with Crippen molar-refractivity contribution >= 4 is 0 Å². The molecule has 0 radical (unpaired) electrons. The Morgan fingerprint density at radius 2 is 1.64 bits per heavy atom. The average molecular weight is 307 g/mol. The van der Waals surface area contributed by atoms with Gasteiger partial charge in [0.15, 0.2) is 5.82 Å². The van der Waals surface area contributed by atoms with Gasteiger partial charge in [-0.2, -0.15) is 4.98 Å². The molecule has 0 spiro atoms. The molecule has 0 aliphatic carbocycles. The van der Waals surface area contributed by atoms with Gasteiger partial charge in [-0.1, -0.05) is 5.16 Å². The Morgan fingerprint density at radius 1 is 0.864 bits per heavy atom. The van der Waals surface area contributed by atoms with Crippen molar-refractivity contribution in [3.05, 3.63) is 11.7 Å². The molecule has 0 N–H and O–H groups in total. The highest BCUT2D eigenvalue weighted by Crippen LogP contribution is 2.31. The standard InChI is InChI=1S/C16H25N3O3/c1-6-19(14-4-9-20-10-5-14)7-2-12(1)16-17-15(18-22-16)13-3-8-21-11-13/h12-14H,1-11H2/t13-/m0/s1. The monoisotopic (exact) mass is 307 g/mol. The molecule has 0 unspecified atom stereocenters. The molecule has 1 aromatic heterocycles. The first-order chi connectivity index (χ1) is 10.9. The highest BCUT2D eigenvalue weighted by molar-refractivity contribution is 5.02. The molecule has 3 aliphatic heterocycles. The predicted octanol–water partition coefficient (Wildman–Crippen LogP) is 1.93. The van der Waals surface area contributed by atoms with E-state index in [-0.39, 0.29) is 0 Å². The number of rotatable bonds is 3. The van der Waals surface area contributed by atoms with Gasteiger partial charge in [-0.15, -0.1) is 0 Å². The maximum atomic E-state index is 5.54. The summed E-state index contributed by atoms with van der Waals surface area (Å²) in [5.41, 5.74) is 0. The van der Waals surface area contributed by atoms with Crippen LogP contribution in [0, 0.1) is 0 Å². The maximum Gasteiger partial charge on any atom is 0.229 e. The van der Waals surface area contributed by atoms with Crippen LogP contribution >= 0.6 is 0 Å². The van der Waals surface area contributed by atoms with E-state index >= 15 is 0 Å². The van der Waals surface area contributed by atoms with Crippen LogP contribution in [0.1, 0.15) is 55.7 Å². The molecule has 6 nitrogen and oxygen atoms in total. The van der Waals surface area contributed by atoms with Gasteiger partial charge < -0.3 is 18.9 Å². The van der Waals surface area contributed by atoms with Crippen molar-refractivity contribution in [2.75, 3.05) is 39.5 Å². The lowest BCUT2D eigenvalue weighted by molar-refractivity contribution is 0.0239. The smallest absolute Gasteiger partial charge is 0.229 e. The fourth-order valence-corrected chi connectivity index (χ4v) is 3.88. The van der Waals surface area contributed by atoms with Crippen molar-refractivity contribution in [2.45, 2.75) is 50.0 Å². The highest BCUT2D eigenvalue weighted by atomic mass is 16.5. The molecule has 4 rings (SSSR count). The number of hydrogen-bond acceptors (Lipinski definition) is 6. The molecule has 3 aliphatic rings. The number of piperidine rings is 1. The Hall–Kier alpha value is -0.980. The molecule has 0 bridgehead atoms. The van der Waals surface area contributed by atoms with E-state index in [2.05, 4.69) is 15.0 Å². The summed E-state index contributed by atoms with van der Waals surface area (Å²) in [6, 6.07) is 0.712. The SMILES string of the molecule is C1CC(N2CCC(c3nc([C@H]4CCOC4)no3)CC2)CCO1. The fraction of sp³-hybridized carbons (Fsp3) is 0.875. The number of nitrogens with zero attached hydrogens (tertiary/aromatic N) is 3. The van der Waals surface area contributed by atoms with Gasteiger partial charge in [0.2, 0.25) is 5.89 Å². The zero-order chi connectivity index (χ0) is 14.8. The molecular weight excluding hydrogens is 282 g/mol. The third-order valence-corrected chi connectivity index (χ3v) is 5.34. The zero-order valence-corrected chi connectivity index (χ0v) is 13.1. The van der Waals surface area contributed by atoms with E-state index in [9.17, 15) is 0 Å². The minimum Gasteiger partial charge on any atom is -0.381 e. The van der Waals surface area contributed by atoms with Crippen molar-refractivity contribution in [2.24, 2.45) is 0 Å². The van der Waals surface area contributed by atoms with Gasteiger partial charge in [0.25, 0.3) is 0 Å². The van der Waals surface area contributed by atoms with Crippen LogP contribution in [0.5, 0.6) is 0 Å². The summed E-state index contributed by atoms with van der Waals surface area (Å²) in [4.78, 5) is 7.28. The maximum absolute atomic E-state index is 5.54. The summed E-state index contributed by atoms with van der Waals surface area (Å²) >= 11 is 0. The lowest BCUT2D eigenvalue weighted by Gasteiger charge is -2.38. The van der Waals surface area contributed by atoms with E-state index in [0.29, 0.717) is 17.9 Å². The molecule has 22 heavy (non-hydrogen) atoms. The molecule has 122 valence electrons. The quantitative estimate of drug-likeness (QED) is 0.850. The summed E-state index contributed by atoms with van der Waals surface area (Å²) in [6.07, 6.45) is 5.62. The van der Waals surface area contributed by atoms with Crippen molar-refractivity contribution in [1.29, 1.82) is 0 Å². The number of ether oxygens (including phenoxy) is 2. The fourth-order valence-electron chi connectivity index (χ4n) is 3.88. The van der Waals surface area contributed by atoms with Crippen LogP contribution in [0.15, 0.2) is 4.52 Å². The van der Waals surface area contributed by atoms with Gasteiger partial charge in [-0.25, -0.2) is 0 Å². The molecule has 0 aromatic carbocycles. The van der Waals surface area contributed by atoms with E-state index in [0.717, 1.165) is 70.5 Å². The van der Waals surface area contributed by atoms with Crippen LogP contribution in [0.4, 0.5) is 0 Å². The number of hydrogen-bond donors (Lipinski definition) is 0. The van der Waals surface area contributed by atoms with E-state index in [1.165, 1.54) is 12.8 Å². The first kappa shape index (κ1) is 14.6. The Bertz CT molecular complexity index is 473. The molecule has 0 saturated carbocycles. The van der Waals surface area contributed by atoms with Crippen LogP contribution in [0.3, 0.4) is 0 Å². The zero-order valence-electron chi connectivity index (χ0n) is 13.1. The molecule has 0 amide bonds. The Kier molecular flexibility index (Phi) is 4.41. The van der Waals surface area contributed by atoms with Crippen LogP contribution < -0.4 is 0 Å². The second-order valence-corrected chi connectivity index (χ2v) is 6.71. The normalized spacial score (nSPS) is 29.2. The van der Waals surface area contributed by atoms with Crippen molar-refractivity contribution in [3.63, 3.8) is 0 Å². The summed E-state index contributed by atoms with van der Waals surface area (Å²) < 4.78 is 16.4. The first-order valence-electron chi connectivity index (χ1n) is 8.63. The van der Waals surface area contributed by atoms with Crippen molar-refractivity contribution in [1.82, 2.24) is 15.0 Å². The lowest BCUT2D eigenvalue weighted by atomic mass is 9.94. The Balaban J connectivity index is 1.33. The first-order valence-corrected chi connectivity index (χ1v) is 8.63. The van der Waals surface area contributed by atoms with E-state index in [4.69, 9.17) is 14.0 Å². The van der Waals surface area contributed by atoms with Gasteiger partial charge in [0.1, 0.15) is 0 Å². The van der Waals surface area contributed by atoms with Crippen molar-refractivity contribution < 1.29 is 14.0 Å². The Labute approximate surface area is 131 Å². The molecule has 3 saturated heterocycles. The van der Waals surface area contributed by atoms with Crippen LogP contribution in [-0.4, -0.2) is 60.6 Å². The van der Waals surface area contributed by atoms with Gasteiger partial charge in [-0.05, 0) is 45.2 Å². The van der Waals surface area contributed by atoms with Gasteiger partial charge in [0.05, 0.1) is 6.61 Å². The second kappa shape index (κ2) is 6.64. The summed E-state index contributed by atoms with van der Waals surface area (Å²) in [6.45, 7) is 5.67. The van der Waals surface area contributed by atoms with Crippen LogP contribution in [0.25, 0.3) is 0 Å². The van der Waals surface area contributed by atoms with Crippen LogP contribution in [-0.2, 0) is 9.47 Å². The summed E-state index contributed by atoms with van der Waals surface area (Å²) in [7, 11) is 0. The largest absolute Gasteiger partial charge is 0.381 e. The summed E-state index contributed by atoms with van der Waals surface area (Å²) in [5, 5.41) is 4.19. The molecule has 6 heteroatoms. The minimum absolute atomic E-state index is 0.333. The highest BCUT2D eigenvalue weighted by Gasteiger charge is 2.31.